The monoisotopic (exact) mass is 581 g/mol. The van der Waals surface area contributed by atoms with Crippen molar-refractivity contribution in [1.82, 2.24) is 20.1 Å². The number of benzene rings is 2. The zero-order valence-corrected chi connectivity index (χ0v) is 24.6. The highest BCUT2D eigenvalue weighted by Crippen LogP contribution is 2.24. The fourth-order valence-corrected chi connectivity index (χ4v) is 6.02. The maximum Gasteiger partial charge on any atom is 0.270 e. The van der Waals surface area contributed by atoms with Gasteiger partial charge in [-0.25, -0.2) is 0 Å². The van der Waals surface area contributed by atoms with E-state index in [0.717, 1.165) is 42.9 Å². The van der Waals surface area contributed by atoms with Gasteiger partial charge in [-0.15, -0.1) is 11.8 Å². The number of hydrogen-bond donors (Lipinski definition) is 1. The first-order valence-corrected chi connectivity index (χ1v) is 15.6. The van der Waals surface area contributed by atoms with Crippen molar-refractivity contribution in [3.8, 4) is 6.07 Å². The Kier molecular flexibility index (Phi) is 9.67. The average Bonchev–Trinajstić information content (AvgIpc) is 3.05. The van der Waals surface area contributed by atoms with Crippen molar-refractivity contribution in [2.75, 3.05) is 32.4 Å². The van der Waals surface area contributed by atoms with Crippen molar-refractivity contribution in [2.24, 2.45) is 5.92 Å². The summed E-state index contributed by atoms with van der Waals surface area (Å²) >= 11 is 1.65. The number of nitriles is 1. The van der Waals surface area contributed by atoms with Crippen molar-refractivity contribution >= 4 is 29.4 Å². The Morgan fingerprint density at radius 2 is 1.57 bits per heavy atom. The Bertz CT molecular complexity index is 1440. The number of carbonyl (C=O) groups is 3. The maximum atomic E-state index is 13.1. The lowest BCUT2D eigenvalue weighted by Crippen LogP contribution is -2.44. The summed E-state index contributed by atoms with van der Waals surface area (Å²) < 4.78 is 0. The topological polar surface area (TPSA) is 106 Å². The molecular formula is C33H35N5O3S. The van der Waals surface area contributed by atoms with Crippen molar-refractivity contribution < 1.29 is 14.4 Å². The minimum Gasteiger partial charge on any atom is -0.348 e. The van der Waals surface area contributed by atoms with Gasteiger partial charge in [0.25, 0.3) is 11.8 Å². The summed E-state index contributed by atoms with van der Waals surface area (Å²) in [5.41, 5.74) is 3.30. The number of piperidine rings is 2. The van der Waals surface area contributed by atoms with Gasteiger partial charge in [0.15, 0.2) is 5.78 Å². The summed E-state index contributed by atoms with van der Waals surface area (Å²) in [4.78, 5) is 48.4. The first-order valence-electron chi connectivity index (χ1n) is 14.4. The number of amides is 2. The van der Waals surface area contributed by atoms with Gasteiger partial charge >= 0.3 is 0 Å². The number of likely N-dealkylation sites (tertiary alicyclic amines) is 2. The van der Waals surface area contributed by atoms with E-state index in [9.17, 15) is 14.4 Å². The molecule has 3 heterocycles. The normalized spacial score (nSPS) is 16.5. The third-order valence-corrected chi connectivity index (χ3v) is 8.93. The van der Waals surface area contributed by atoms with Crippen LogP contribution in [0, 0.1) is 17.2 Å². The Labute approximate surface area is 251 Å². The number of pyridine rings is 1. The Hall–Kier alpha value is -4.00. The zero-order chi connectivity index (χ0) is 29.5. The number of carbonyl (C=O) groups excluding carboxylic acids is 3. The minimum absolute atomic E-state index is 0.0744. The SMILES string of the molecule is CSc1ccc(C(=O)C2CCN(C(=O)c3ccc(C(=O)NC4CCN(Cc5ccc(C#N)cc5)CC4)nc3)CC2)cc1. The van der Waals surface area contributed by atoms with E-state index >= 15 is 0 Å². The van der Waals surface area contributed by atoms with Crippen LogP contribution in [0.3, 0.4) is 0 Å². The molecule has 0 unspecified atom stereocenters. The van der Waals surface area contributed by atoms with Crippen LogP contribution in [-0.4, -0.2) is 70.9 Å². The van der Waals surface area contributed by atoms with Gasteiger partial charge in [0, 0.05) is 61.3 Å². The van der Waals surface area contributed by atoms with Crippen LogP contribution >= 0.6 is 11.8 Å². The van der Waals surface area contributed by atoms with Gasteiger partial charge in [-0.3, -0.25) is 24.3 Å². The Balaban J connectivity index is 1.06. The van der Waals surface area contributed by atoms with Crippen LogP contribution in [0.4, 0.5) is 0 Å². The summed E-state index contributed by atoms with van der Waals surface area (Å²) in [7, 11) is 0. The minimum atomic E-state index is -0.232. The lowest BCUT2D eigenvalue weighted by atomic mass is 9.88. The second kappa shape index (κ2) is 13.8. The van der Waals surface area contributed by atoms with Crippen LogP contribution in [-0.2, 0) is 6.54 Å². The highest BCUT2D eigenvalue weighted by atomic mass is 32.2. The van der Waals surface area contributed by atoms with Crippen molar-refractivity contribution in [1.29, 1.82) is 5.26 Å². The smallest absolute Gasteiger partial charge is 0.270 e. The van der Waals surface area contributed by atoms with Gasteiger partial charge < -0.3 is 10.2 Å². The quantitative estimate of drug-likeness (QED) is 0.301. The van der Waals surface area contributed by atoms with Gasteiger partial charge in [-0.2, -0.15) is 5.26 Å². The van der Waals surface area contributed by atoms with E-state index in [1.807, 2.05) is 54.8 Å². The van der Waals surface area contributed by atoms with E-state index in [2.05, 4.69) is 21.3 Å². The van der Waals surface area contributed by atoms with Crippen molar-refractivity contribution in [3.05, 3.63) is 94.8 Å². The van der Waals surface area contributed by atoms with Gasteiger partial charge in [0.2, 0.25) is 0 Å². The van der Waals surface area contributed by atoms with Crippen molar-refractivity contribution in [3.63, 3.8) is 0 Å². The third-order valence-electron chi connectivity index (χ3n) is 8.18. The highest BCUT2D eigenvalue weighted by molar-refractivity contribution is 7.98. The molecule has 0 aliphatic carbocycles. The van der Waals surface area contributed by atoms with Crippen molar-refractivity contribution in [2.45, 2.75) is 43.2 Å². The lowest BCUT2D eigenvalue weighted by Gasteiger charge is -2.32. The van der Waals surface area contributed by atoms with Crippen LogP contribution in [0.25, 0.3) is 0 Å². The molecule has 2 fully saturated rings. The summed E-state index contributed by atoms with van der Waals surface area (Å²) in [6, 6.07) is 20.9. The predicted molar refractivity (Wildman–Crippen MR) is 162 cm³/mol. The molecule has 2 amide bonds. The number of aromatic nitrogens is 1. The molecule has 216 valence electrons. The van der Waals surface area contributed by atoms with E-state index in [0.29, 0.717) is 42.8 Å². The molecule has 3 aromatic rings. The molecule has 8 nitrogen and oxygen atoms in total. The molecule has 2 aliphatic heterocycles. The van der Waals surface area contributed by atoms with E-state index in [1.165, 1.54) is 11.8 Å². The molecule has 2 aliphatic rings. The van der Waals surface area contributed by atoms with Crippen LogP contribution in [0.5, 0.6) is 0 Å². The van der Waals surface area contributed by atoms with E-state index < -0.39 is 0 Å². The molecule has 9 heteroatoms. The molecule has 1 N–H and O–H groups in total. The second-order valence-corrected chi connectivity index (χ2v) is 11.8. The Morgan fingerprint density at radius 3 is 2.17 bits per heavy atom. The molecular weight excluding hydrogens is 546 g/mol. The lowest BCUT2D eigenvalue weighted by molar-refractivity contribution is 0.0649. The first kappa shape index (κ1) is 29.5. The number of nitrogens with one attached hydrogen (secondary N) is 1. The van der Waals surface area contributed by atoms with Gasteiger partial charge in [0.05, 0.1) is 17.2 Å². The molecule has 2 saturated heterocycles. The average molecular weight is 582 g/mol. The molecule has 2 aromatic carbocycles. The summed E-state index contributed by atoms with van der Waals surface area (Å²) in [6.07, 6.45) is 6.45. The molecule has 42 heavy (non-hydrogen) atoms. The Morgan fingerprint density at radius 1 is 0.905 bits per heavy atom. The van der Waals surface area contributed by atoms with Gasteiger partial charge in [-0.05, 0) is 73.9 Å². The zero-order valence-electron chi connectivity index (χ0n) is 23.8. The summed E-state index contributed by atoms with van der Waals surface area (Å²) in [5.74, 6) is -0.297. The summed E-state index contributed by atoms with van der Waals surface area (Å²) in [5, 5.41) is 12.1. The van der Waals surface area contributed by atoms with Gasteiger partial charge in [0.1, 0.15) is 5.69 Å². The number of nitrogens with zero attached hydrogens (tertiary/aromatic N) is 4. The molecule has 0 saturated carbocycles. The summed E-state index contributed by atoms with van der Waals surface area (Å²) in [6.45, 7) is 3.61. The molecule has 0 atom stereocenters. The largest absolute Gasteiger partial charge is 0.348 e. The maximum absolute atomic E-state index is 13.1. The predicted octanol–water partition coefficient (Wildman–Crippen LogP) is 4.80. The fraction of sp³-hybridized carbons (Fsp3) is 0.364. The molecule has 0 spiro atoms. The van der Waals surface area contributed by atoms with Crippen LogP contribution in [0.1, 0.15) is 68.0 Å². The van der Waals surface area contributed by atoms with E-state index in [4.69, 9.17) is 5.26 Å². The number of rotatable bonds is 8. The third kappa shape index (κ3) is 7.25. The number of thioether (sulfide) groups is 1. The fourth-order valence-electron chi connectivity index (χ4n) is 5.61. The van der Waals surface area contributed by atoms with E-state index in [1.54, 1.807) is 28.8 Å². The number of hydrogen-bond acceptors (Lipinski definition) is 7. The molecule has 0 radical (unpaired) electrons. The standard InChI is InChI=1S/C33H35N5O3S/c1-42-29-9-6-25(7-10-29)31(39)26-12-18-38(19-13-26)33(41)27-8-11-30(35-21-27)32(40)36-28-14-16-37(17-15-28)22-24-4-2-23(20-34)3-5-24/h2-11,21,26,28H,12-19,22H2,1H3,(H,36,40). The van der Waals surface area contributed by atoms with Crippen LogP contribution in [0.15, 0.2) is 71.8 Å². The van der Waals surface area contributed by atoms with Crippen LogP contribution < -0.4 is 5.32 Å². The first-order chi connectivity index (χ1) is 20.4. The molecule has 0 bridgehead atoms. The van der Waals surface area contributed by atoms with Crippen LogP contribution in [0.2, 0.25) is 0 Å². The molecule has 5 rings (SSSR count). The number of Topliss-reactive ketones (excluding diaryl/α,β-unsaturated/α-hetero) is 1. The number of ketones is 1. The van der Waals surface area contributed by atoms with E-state index in [-0.39, 0.29) is 29.6 Å². The van der Waals surface area contributed by atoms with Gasteiger partial charge in [-0.1, -0.05) is 24.3 Å². The molecule has 1 aromatic heterocycles. The highest BCUT2D eigenvalue weighted by Gasteiger charge is 2.29. The second-order valence-electron chi connectivity index (χ2n) is 10.9.